The first-order chi connectivity index (χ1) is 8.83. The molecule has 1 atom stereocenters. The van der Waals surface area contributed by atoms with E-state index in [0.717, 1.165) is 30.1 Å². The van der Waals surface area contributed by atoms with Gasteiger partial charge in [-0.15, -0.1) is 0 Å². The monoisotopic (exact) mass is 257 g/mol. The summed E-state index contributed by atoms with van der Waals surface area (Å²) in [6, 6.07) is 16.8. The highest BCUT2D eigenvalue weighted by Crippen LogP contribution is 2.32. The number of para-hydroxylation sites is 1. The van der Waals surface area contributed by atoms with Crippen molar-refractivity contribution in [2.45, 2.75) is 12.8 Å². The van der Waals surface area contributed by atoms with Crippen molar-refractivity contribution in [3.05, 3.63) is 64.7 Å². The summed E-state index contributed by atoms with van der Waals surface area (Å²) >= 11 is 6.19. The summed E-state index contributed by atoms with van der Waals surface area (Å²) in [5.41, 5.74) is 3.88. The fraction of sp³-hybridized carbons (Fsp3) is 0.250. The minimum absolute atomic E-state index is 0.651. The van der Waals surface area contributed by atoms with Crippen molar-refractivity contribution in [3.63, 3.8) is 0 Å². The van der Waals surface area contributed by atoms with Gasteiger partial charge in [-0.3, -0.25) is 0 Å². The Hall–Kier alpha value is -1.47. The third-order valence-electron chi connectivity index (χ3n) is 3.54. The average Bonchev–Trinajstić information content (AvgIpc) is 2.40. The van der Waals surface area contributed by atoms with E-state index in [0.29, 0.717) is 5.92 Å². The van der Waals surface area contributed by atoms with Crippen LogP contribution in [-0.2, 0) is 12.8 Å². The molecule has 1 aliphatic heterocycles. The number of benzene rings is 2. The van der Waals surface area contributed by atoms with Crippen LogP contribution < -0.4 is 5.32 Å². The van der Waals surface area contributed by atoms with E-state index in [1.165, 1.54) is 11.1 Å². The van der Waals surface area contributed by atoms with Gasteiger partial charge in [0.05, 0.1) is 10.7 Å². The van der Waals surface area contributed by atoms with Crippen LogP contribution in [0.1, 0.15) is 11.1 Å². The second kappa shape index (κ2) is 5.03. The molecule has 0 aromatic heterocycles. The normalized spacial score (nSPS) is 17.9. The SMILES string of the molecule is Clc1cccc2c1NCC(Cc1ccccc1)C2. The lowest BCUT2D eigenvalue weighted by Crippen LogP contribution is -2.25. The first-order valence-electron chi connectivity index (χ1n) is 6.38. The maximum atomic E-state index is 6.19. The molecule has 1 heterocycles. The maximum absolute atomic E-state index is 6.19. The second-order valence-corrected chi connectivity index (χ2v) is 5.32. The topological polar surface area (TPSA) is 12.0 Å². The summed E-state index contributed by atoms with van der Waals surface area (Å²) in [5, 5.41) is 4.31. The Morgan fingerprint density at radius 2 is 1.89 bits per heavy atom. The van der Waals surface area contributed by atoms with Gasteiger partial charge in [-0.1, -0.05) is 54.1 Å². The van der Waals surface area contributed by atoms with Crippen molar-refractivity contribution in [2.75, 3.05) is 11.9 Å². The van der Waals surface area contributed by atoms with Gasteiger partial charge in [-0.2, -0.15) is 0 Å². The van der Waals surface area contributed by atoms with Crippen LogP contribution in [0.3, 0.4) is 0 Å². The van der Waals surface area contributed by atoms with Gasteiger partial charge < -0.3 is 5.32 Å². The van der Waals surface area contributed by atoms with Crippen molar-refractivity contribution >= 4 is 17.3 Å². The first-order valence-corrected chi connectivity index (χ1v) is 6.76. The van der Waals surface area contributed by atoms with Crippen LogP contribution >= 0.6 is 11.6 Å². The second-order valence-electron chi connectivity index (χ2n) is 4.91. The predicted octanol–water partition coefficient (Wildman–Crippen LogP) is 4.17. The zero-order valence-electron chi connectivity index (χ0n) is 10.2. The molecule has 0 spiro atoms. The van der Waals surface area contributed by atoms with E-state index in [2.05, 4.69) is 41.7 Å². The van der Waals surface area contributed by atoms with Gasteiger partial charge in [0.2, 0.25) is 0 Å². The van der Waals surface area contributed by atoms with E-state index in [4.69, 9.17) is 11.6 Å². The Kier molecular flexibility index (Phi) is 3.24. The maximum Gasteiger partial charge on any atom is 0.0640 e. The van der Waals surface area contributed by atoms with E-state index in [-0.39, 0.29) is 0 Å². The highest BCUT2D eigenvalue weighted by Gasteiger charge is 2.19. The van der Waals surface area contributed by atoms with E-state index in [1.807, 2.05) is 12.1 Å². The molecule has 1 unspecified atom stereocenters. The van der Waals surface area contributed by atoms with Crippen molar-refractivity contribution in [1.82, 2.24) is 0 Å². The number of hydrogen-bond donors (Lipinski definition) is 1. The molecule has 2 aromatic carbocycles. The predicted molar refractivity (Wildman–Crippen MR) is 77.3 cm³/mol. The Morgan fingerprint density at radius 3 is 2.72 bits per heavy atom. The zero-order chi connectivity index (χ0) is 12.4. The van der Waals surface area contributed by atoms with Crippen LogP contribution in [0.25, 0.3) is 0 Å². The Balaban J connectivity index is 1.76. The molecular weight excluding hydrogens is 242 g/mol. The Labute approximate surface area is 113 Å². The quantitative estimate of drug-likeness (QED) is 0.852. The van der Waals surface area contributed by atoms with Crippen LogP contribution in [0.2, 0.25) is 5.02 Å². The third-order valence-corrected chi connectivity index (χ3v) is 3.86. The third kappa shape index (κ3) is 2.37. The molecule has 92 valence electrons. The van der Waals surface area contributed by atoms with Crippen LogP contribution in [0, 0.1) is 5.92 Å². The lowest BCUT2D eigenvalue weighted by molar-refractivity contribution is 0.535. The van der Waals surface area contributed by atoms with E-state index < -0.39 is 0 Å². The summed E-state index contributed by atoms with van der Waals surface area (Å²) in [4.78, 5) is 0. The molecule has 0 fully saturated rings. The number of fused-ring (bicyclic) bond motifs is 1. The van der Waals surface area contributed by atoms with Crippen LogP contribution in [0.4, 0.5) is 5.69 Å². The van der Waals surface area contributed by atoms with Gasteiger partial charge in [-0.05, 0) is 36.0 Å². The zero-order valence-corrected chi connectivity index (χ0v) is 11.0. The van der Waals surface area contributed by atoms with Gasteiger partial charge in [0.25, 0.3) is 0 Å². The fourth-order valence-electron chi connectivity index (χ4n) is 2.66. The van der Waals surface area contributed by atoms with Crippen molar-refractivity contribution in [2.24, 2.45) is 5.92 Å². The molecule has 0 aliphatic carbocycles. The molecule has 2 heteroatoms. The summed E-state index contributed by atoms with van der Waals surface area (Å²) in [5.74, 6) is 0.651. The summed E-state index contributed by atoms with van der Waals surface area (Å²) in [6.07, 6.45) is 2.23. The Morgan fingerprint density at radius 1 is 1.06 bits per heavy atom. The van der Waals surface area contributed by atoms with E-state index in [1.54, 1.807) is 0 Å². The molecule has 0 amide bonds. The molecule has 1 aliphatic rings. The highest BCUT2D eigenvalue weighted by atomic mass is 35.5. The van der Waals surface area contributed by atoms with Gasteiger partial charge in [0.1, 0.15) is 0 Å². The lowest BCUT2D eigenvalue weighted by atomic mass is 9.89. The van der Waals surface area contributed by atoms with Crippen molar-refractivity contribution < 1.29 is 0 Å². The molecule has 18 heavy (non-hydrogen) atoms. The first kappa shape index (κ1) is 11.6. The van der Waals surface area contributed by atoms with Crippen LogP contribution in [0.5, 0.6) is 0 Å². The van der Waals surface area contributed by atoms with Crippen molar-refractivity contribution in [3.8, 4) is 0 Å². The minimum Gasteiger partial charge on any atom is -0.383 e. The lowest BCUT2D eigenvalue weighted by Gasteiger charge is -2.27. The van der Waals surface area contributed by atoms with Gasteiger partial charge in [0, 0.05) is 6.54 Å². The van der Waals surface area contributed by atoms with Crippen LogP contribution in [-0.4, -0.2) is 6.54 Å². The summed E-state index contributed by atoms with van der Waals surface area (Å²) < 4.78 is 0. The van der Waals surface area contributed by atoms with Crippen LogP contribution in [0.15, 0.2) is 48.5 Å². The molecule has 2 aromatic rings. The molecule has 0 radical (unpaired) electrons. The minimum atomic E-state index is 0.651. The number of rotatable bonds is 2. The smallest absolute Gasteiger partial charge is 0.0640 e. The number of hydrogen-bond acceptors (Lipinski definition) is 1. The fourth-order valence-corrected chi connectivity index (χ4v) is 2.92. The standard InChI is InChI=1S/C16H16ClN/c17-15-8-4-7-14-10-13(11-18-16(14)15)9-12-5-2-1-3-6-12/h1-8,13,18H,9-11H2. The molecule has 0 saturated heterocycles. The van der Waals surface area contributed by atoms with Gasteiger partial charge in [-0.25, -0.2) is 0 Å². The highest BCUT2D eigenvalue weighted by molar-refractivity contribution is 6.33. The molecule has 3 rings (SSSR count). The number of nitrogens with one attached hydrogen (secondary N) is 1. The van der Waals surface area contributed by atoms with E-state index in [9.17, 15) is 0 Å². The van der Waals surface area contributed by atoms with Crippen molar-refractivity contribution in [1.29, 1.82) is 0 Å². The number of anilines is 1. The molecular formula is C16H16ClN. The van der Waals surface area contributed by atoms with Gasteiger partial charge >= 0.3 is 0 Å². The van der Waals surface area contributed by atoms with Gasteiger partial charge in [0.15, 0.2) is 0 Å². The number of halogens is 1. The molecule has 0 bridgehead atoms. The summed E-state index contributed by atoms with van der Waals surface area (Å²) in [7, 11) is 0. The Bertz CT molecular complexity index is 536. The molecule has 0 saturated carbocycles. The van der Waals surface area contributed by atoms with E-state index >= 15 is 0 Å². The largest absolute Gasteiger partial charge is 0.383 e. The molecule has 1 N–H and O–H groups in total. The summed E-state index contributed by atoms with van der Waals surface area (Å²) in [6.45, 7) is 1.01. The average molecular weight is 258 g/mol. The molecule has 1 nitrogen and oxygen atoms in total.